The first kappa shape index (κ1) is 27.0. The highest BCUT2D eigenvalue weighted by molar-refractivity contribution is 8.77. The molecule has 0 heterocycles. The SMILES string of the molecule is COP(=O)(OC)OCCc1ccccc1SSC(C)(C)CCC(=O)NCc1ccccc1. The van der Waals surface area contributed by atoms with E-state index in [1.165, 1.54) is 14.2 Å². The van der Waals surface area contributed by atoms with Crippen LogP contribution < -0.4 is 5.32 Å². The summed E-state index contributed by atoms with van der Waals surface area (Å²) in [6.07, 6.45) is 1.83. The van der Waals surface area contributed by atoms with E-state index < -0.39 is 7.82 Å². The summed E-state index contributed by atoms with van der Waals surface area (Å²) in [4.78, 5) is 13.4. The van der Waals surface area contributed by atoms with Gasteiger partial charge in [-0.2, -0.15) is 0 Å². The van der Waals surface area contributed by atoms with Gasteiger partial charge in [-0.1, -0.05) is 70.1 Å². The number of hydrogen-bond donors (Lipinski definition) is 1. The molecular weight excluding hydrogens is 465 g/mol. The summed E-state index contributed by atoms with van der Waals surface area (Å²) in [5.41, 5.74) is 2.19. The Kier molecular flexibility index (Phi) is 11.3. The van der Waals surface area contributed by atoms with Crippen molar-refractivity contribution in [1.82, 2.24) is 5.32 Å². The zero-order valence-electron chi connectivity index (χ0n) is 19.0. The average Bonchev–Trinajstić information content (AvgIpc) is 2.81. The van der Waals surface area contributed by atoms with E-state index in [4.69, 9.17) is 13.6 Å². The molecule has 0 unspecified atom stereocenters. The van der Waals surface area contributed by atoms with Crippen molar-refractivity contribution < 1.29 is 22.9 Å². The molecule has 32 heavy (non-hydrogen) atoms. The molecule has 0 aliphatic carbocycles. The molecule has 0 aliphatic heterocycles. The van der Waals surface area contributed by atoms with Crippen LogP contribution in [0.4, 0.5) is 0 Å². The maximum Gasteiger partial charge on any atom is 0.474 e. The molecule has 2 aromatic carbocycles. The number of carbonyl (C=O) groups excluding carboxylic acids is 1. The molecule has 0 aliphatic rings. The lowest BCUT2D eigenvalue weighted by atomic mass is 10.1. The maximum atomic E-state index is 12.3. The third kappa shape index (κ3) is 9.69. The number of hydrogen-bond acceptors (Lipinski definition) is 7. The van der Waals surface area contributed by atoms with Crippen molar-refractivity contribution in [2.24, 2.45) is 0 Å². The fourth-order valence-corrected chi connectivity index (χ4v) is 6.01. The smallest absolute Gasteiger partial charge is 0.352 e. The van der Waals surface area contributed by atoms with E-state index in [2.05, 4.69) is 25.2 Å². The van der Waals surface area contributed by atoms with Gasteiger partial charge in [0.05, 0.1) is 6.61 Å². The topological polar surface area (TPSA) is 73.9 Å². The lowest BCUT2D eigenvalue weighted by molar-refractivity contribution is -0.121. The molecule has 0 radical (unpaired) electrons. The fourth-order valence-electron chi connectivity index (χ4n) is 2.74. The number of carbonyl (C=O) groups is 1. The lowest BCUT2D eigenvalue weighted by Gasteiger charge is -2.23. The second kappa shape index (κ2) is 13.4. The van der Waals surface area contributed by atoms with Gasteiger partial charge in [0.15, 0.2) is 0 Å². The number of phosphoric acid groups is 1. The van der Waals surface area contributed by atoms with E-state index in [1.54, 1.807) is 21.6 Å². The molecule has 1 N–H and O–H groups in total. The van der Waals surface area contributed by atoms with Crippen molar-refractivity contribution in [3.63, 3.8) is 0 Å². The van der Waals surface area contributed by atoms with Gasteiger partial charge in [0.25, 0.3) is 0 Å². The first-order valence-corrected chi connectivity index (χ1v) is 14.0. The summed E-state index contributed by atoms with van der Waals surface area (Å²) in [7, 11) is 2.56. The van der Waals surface area contributed by atoms with Crippen molar-refractivity contribution in [2.45, 2.75) is 49.3 Å². The monoisotopic (exact) mass is 497 g/mol. The Morgan fingerprint density at radius 2 is 1.69 bits per heavy atom. The minimum Gasteiger partial charge on any atom is -0.352 e. The van der Waals surface area contributed by atoms with Gasteiger partial charge in [-0.05, 0) is 43.9 Å². The van der Waals surface area contributed by atoms with Gasteiger partial charge in [0.1, 0.15) is 0 Å². The molecule has 2 aromatic rings. The summed E-state index contributed by atoms with van der Waals surface area (Å²) >= 11 is 0. The standard InChI is InChI=1S/C23H32NO5PS2/c1-23(2,16-14-22(25)24-18-19-10-6-5-7-11-19)32-31-21-13-9-8-12-20(21)15-17-29-30(26,27-3)28-4/h5-13H,14-18H2,1-4H3,(H,24,25). The quantitative estimate of drug-likeness (QED) is 0.244. The summed E-state index contributed by atoms with van der Waals surface area (Å²) in [5.74, 6) is 0.0609. The maximum absolute atomic E-state index is 12.3. The third-order valence-corrected chi connectivity index (χ3v) is 9.54. The van der Waals surface area contributed by atoms with Crippen molar-refractivity contribution in [1.29, 1.82) is 0 Å². The van der Waals surface area contributed by atoms with Gasteiger partial charge in [-0.3, -0.25) is 18.4 Å². The Bertz CT molecular complexity index is 887. The molecule has 9 heteroatoms. The van der Waals surface area contributed by atoms with Gasteiger partial charge in [0.2, 0.25) is 5.91 Å². The molecule has 0 saturated carbocycles. The van der Waals surface area contributed by atoms with Crippen molar-refractivity contribution in [3.05, 3.63) is 65.7 Å². The molecule has 0 spiro atoms. The first-order chi connectivity index (χ1) is 15.3. The van der Waals surface area contributed by atoms with E-state index in [0.29, 0.717) is 19.4 Å². The first-order valence-electron chi connectivity index (χ1n) is 10.4. The highest BCUT2D eigenvalue weighted by atomic mass is 33.1. The Labute approximate surface area is 199 Å². The Morgan fingerprint density at radius 1 is 1.03 bits per heavy atom. The van der Waals surface area contributed by atoms with Crippen LogP contribution in [0.25, 0.3) is 0 Å². The molecule has 6 nitrogen and oxygen atoms in total. The molecule has 0 atom stereocenters. The van der Waals surface area contributed by atoms with E-state index >= 15 is 0 Å². The molecular formula is C23H32NO5PS2. The fraction of sp³-hybridized carbons (Fsp3) is 0.435. The minimum absolute atomic E-state index is 0.0609. The minimum atomic E-state index is -3.47. The van der Waals surface area contributed by atoms with Crippen LogP contribution in [0.15, 0.2) is 59.5 Å². The summed E-state index contributed by atoms with van der Waals surface area (Å²) in [6, 6.07) is 18.0. The Hall–Kier alpha value is -1.28. The van der Waals surface area contributed by atoms with Gasteiger partial charge in [0, 0.05) is 36.8 Å². The molecule has 0 saturated heterocycles. The summed E-state index contributed by atoms with van der Waals surface area (Å²) < 4.78 is 26.9. The van der Waals surface area contributed by atoms with Crippen molar-refractivity contribution in [3.8, 4) is 0 Å². The molecule has 0 fully saturated rings. The zero-order valence-corrected chi connectivity index (χ0v) is 21.6. The van der Waals surface area contributed by atoms with Gasteiger partial charge < -0.3 is 5.32 Å². The van der Waals surface area contributed by atoms with Crippen LogP contribution in [0.1, 0.15) is 37.8 Å². The molecule has 2 rings (SSSR count). The largest absolute Gasteiger partial charge is 0.474 e. The van der Waals surface area contributed by atoms with Crippen LogP contribution in [-0.4, -0.2) is 31.5 Å². The third-order valence-electron chi connectivity index (χ3n) is 4.68. The molecule has 0 aromatic heterocycles. The normalized spacial score (nSPS) is 12.0. The second-order valence-electron chi connectivity index (χ2n) is 7.69. The predicted octanol–water partition coefficient (Wildman–Crippen LogP) is 6.26. The van der Waals surface area contributed by atoms with Crippen LogP contribution in [0, 0.1) is 0 Å². The Balaban J connectivity index is 1.80. The van der Waals surface area contributed by atoms with Gasteiger partial charge in [-0.25, -0.2) is 4.57 Å². The second-order valence-corrected chi connectivity index (χ2v) is 12.5. The summed E-state index contributed by atoms with van der Waals surface area (Å²) in [6.45, 7) is 5.07. The average molecular weight is 498 g/mol. The van der Waals surface area contributed by atoms with Gasteiger partial charge in [-0.15, -0.1) is 0 Å². The number of benzene rings is 2. The predicted molar refractivity (Wildman–Crippen MR) is 133 cm³/mol. The van der Waals surface area contributed by atoms with Crippen molar-refractivity contribution in [2.75, 3.05) is 20.8 Å². The number of nitrogens with one attached hydrogen (secondary N) is 1. The van der Waals surface area contributed by atoms with E-state index in [9.17, 15) is 9.36 Å². The van der Waals surface area contributed by atoms with Crippen LogP contribution in [0.5, 0.6) is 0 Å². The zero-order chi connectivity index (χ0) is 23.5. The van der Waals surface area contributed by atoms with Gasteiger partial charge >= 0.3 is 7.82 Å². The Morgan fingerprint density at radius 3 is 2.38 bits per heavy atom. The van der Waals surface area contributed by atoms with E-state index in [-0.39, 0.29) is 17.3 Å². The van der Waals surface area contributed by atoms with Crippen LogP contribution in [0.3, 0.4) is 0 Å². The highest BCUT2D eigenvalue weighted by Crippen LogP contribution is 2.48. The summed E-state index contributed by atoms with van der Waals surface area (Å²) in [5, 5.41) is 2.99. The van der Waals surface area contributed by atoms with E-state index in [0.717, 1.165) is 22.4 Å². The van der Waals surface area contributed by atoms with Crippen molar-refractivity contribution >= 4 is 35.3 Å². The number of phosphoric ester groups is 1. The number of amides is 1. The highest BCUT2D eigenvalue weighted by Gasteiger charge is 2.23. The van der Waals surface area contributed by atoms with Crippen LogP contribution in [0.2, 0.25) is 0 Å². The molecule has 1 amide bonds. The lowest BCUT2D eigenvalue weighted by Crippen LogP contribution is -2.25. The van der Waals surface area contributed by atoms with Crippen LogP contribution in [-0.2, 0) is 35.9 Å². The number of rotatable bonds is 14. The molecule has 176 valence electrons. The molecule has 0 bridgehead atoms. The van der Waals surface area contributed by atoms with Crippen LogP contribution >= 0.6 is 29.4 Å². The van der Waals surface area contributed by atoms with E-state index in [1.807, 2.05) is 48.5 Å².